The molecule has 0 saturated carbocycles. The number of hydrogen-bond donors (Lipinski definition) is 1. The summed E-state index contributed by atoms with van der Waals surface area (Å²) >= 11 is 1.12. The first-order chi connectivity index (χ1) is 16.3. The van der Waals surface area contributed by atoms with Crippen LogP contribution in [0.15, 0.2) is 42.5 Å². The summed E-state index contributed by atoms with van der Waals surface area (Å²) in [7, 11) is 1.14. The molecule has 3 aromatic rings. The molecule has 11 nitrogen and oxygen atoms in total. The van der Waals surface area contributed by atoms with Gasteiger partial charge in [0.2, 0.25) is 11.0 Å². The second-order valence-electron chi connectivity index (χ2n) is 7.61. The second-order valence-corrected chi connectivity index (χ2v) is 8.62. The first-order valence-electron chi connectivity index (χ1n) is 10.2. The van der Waals surface area contributed by atoms with E-state index < -0.39 is 22.5 Å². The summed E-state index contributed by atoms with van der Waals surface area (Å²) in [6.45, 7) is 2.38. The zero-order valence-corrected chi connectivity index (χ0v) is 19.0. The number of benzene rings is 2. The van der Waals surface area contributed by atoms with Crippen LogP contribution in [0.3, 0.4) is 0 Å². The minimum Gasteiger partial charge on any atom is -0.465 e. The predicted octanol–water partition coefficient (Wildman–Crippen LogP) is 3.31. The lowest BCUT2D eigenvalue weighted by molar-refractivity contribution is -0.384. The molecule has 1 saturated heterocycles. The molecule has 1 aromatic heterocycles. The van der Waals surface area contributed by atoms with Gasteiger partial charge in [-0.3, -0.25) is 25.0 Å². The molecule has 0 aliphatic carbocycles. The van der Waals surface area contributed by atoms with Gasteiger partial charge >= 0.3 is 5.97 Å². The van der Waals surface area contributed by atoms with E-state index in [9.17, 15) is 24.5 Å². The number of esters is 1. The van der Waals surface area contributed by atoms with Gasteiger partial charge in [0.1, 0.15) is 5.01 Å². The van der Waals surface area contributed by atoms with E-state index in [1.54, 1.807) is 4.90 Å². The van der Waals surface area contributed by atoms with Crippen LogP contribution in [-0.2, 0) is 9.53 Å². The van der Waals surface area contributed by atoms with E-state index in [-0.39, 0.29) is 34.5 Å². The van der Waals surface area contributed by atoms with Crippen molar-refractivity contribution in [1.82, 2.24) is 10.2 Å². The van der Waals surface area contributed by atoms with Gasteiger partial charge in [0.15, 0.2) is 0 Å². The van der Waals surface area contributed by atoms with Crippen LogP contribution in [0.25, 0.3) is 0 Å². The van der Waals surface area contributed by atoms with Gasteiger partial charge in [0.05, 0.1) is 17.6 Å². The van der Waals surface area contributed by atoms with Gasteiger partial charge in [0, 0.05) is 42.3 Å². The number of nitrogens with zero attached hydrogens (tertiary/aromatic N) is 4. The Bertz CT molecular complexity index is 1310. The van der Waals surface area contributed by atoms with Gasteiger partial charge in [-0.25, -0.2) is 4.79 Å². The first-order valence-corrected chi connectivity index (χ1v) is 11.0. The molecule has 2 heterocycles. The van der Waals surface area contributed by atoms with E-state index in [4.69, 9.17) is 0 Å². The Kier molecular flexibility index (Phi) is 6.32. The van der Waals surface area contributed by atoms with Crippen molar-refractivity contribution in [3.8, 4) is 0 Å². The average molecular weight is 481 g/mol. The number of carbonyl (C=O) groups excluding carboxylic acids is 3. The van der Waals surface area contributed by atoms with Gasteiger partial charge in [-0.15, -0.1) is 10.2 Å². The van der Waals surface area contributed by atoms with Crippen molar-refractivity contribution >= 4 is 45.6 Å². The number of ether oxygens (including phenoxy) is 1. The highest BCUT2D eigenvalue weighted by molar-refractivity contribution is 7.15. The predicted molar refractivity (Wildman–Crippen MR) is 123 cm³/mol. The summed E-state index contributed by atoms with van der Waals surface area (Å²) in [6.07, 6.45) is 0.268. The Morgan fingerprint density at radius 3 is 2.65 bits per heavy atom. The lowest BCUT2D eigenvalue weighted by Crippen LogP contribution is -2.25. The zero-order valence-electron chi connectivity index (χ0n) is 18.2. The number of methoxy groups -OCH3 is 1. The lowest BCUT2D eigenvalue weighted by atomic mass is 10.1. The fourth-order valence-corrected chi connectivity index (χ4v) is 4.50. The normalized spacial score (nSPS) is 15.3. The fraction of sp³-hybridized carbons (Fsp3) is 0.227. The Morgan fingerprint density at radius 2 is 1.94 bits per heavy atom. The molecule has 34 heavy (non-hydrogen) atoms. The third-order valence-corrected chi connectivity index (χ3v) is 6.35. The summed E-state index contributed by atoms with van der Waals surface area (Å²) in [6, 6.07) is 10.9. The number of anilines is 2. The van der Waals surface area contributed by atoms with Crippen LogP contribution in [0.5, 0.6) is 0 Å². The summed E-state index contributed by atoms with van der Waals surface area (Å²) in [5, 5.41) is 22.6. The third-order valence-electron chi connectivity index (χ3n) is 5.35. The quantitative estimate of drug-likeness (QED) is 0.321. The molecule has 2 amide bonds. The van der Waals surface area contributed by atoms with Crippen molar-refractivity contribution in [2.45, 2.75) is 19.3 Å². The maximum Gasteiger partial charge on any atom is 0.338 e. The third kappa shape index (κ3) is 4.62. The van der Waals surface area contributed by atoms with Gasteiger partial charge in [-0.05, 0) is 24.6 Å². The number of non-ortho nitro benzene ring substituents is 1. The molecule has 1 N–H and O–H groups in total. The van der Waals surface area contributed by atoms with E-state index in [1.165, 1.54) is 6.07 Å². The van der Waals surface area contributed by atoms with Crippen molar-refractivity contribution in [1.29, 1.82) is 0 Å². The molecule has 4 rings (SSSR count). The zero-order chi connectivity index (χ0) is 24.4. The minimum absolute atomic E-state index is 0.0213. The van der Waals surface area contributed by atoms with Crippen molar-refractivity contribution < 1.29 is 24.0 Å². The first kappa shape index (κ1) is 23.0. The molecule has 174 valence electrons. The van der Waals surface area contributed by atoms with E-state index in [1.807, 2.05) is 31.2 Å². The smallest absolute Gasteiger partial charge is 0.338 e. The number of para-hydroxylation sites is 1. The monoisotopic (exact) mass is 481 g/mol. The Morgan fingerprint density at radius 1 is 1.21 bits per heavy atom. The van der Waals surface area contributed by atoms with Crippen molar-refractivity contribution in [2.75, 3.05) is 23.9 Å². The number of rotatable bonds is 6. The molecule has 0 radical (unpaired) electrons. The molecule has 12 heteroatoms. The Balaban J connectivity index is 1.50. The molecular formula is C22H19N5O6S. The van der Waals surface area contributed by atoms with E-state index >= 15 is 0 Å². The number of nitrogens with one attached hydrogen (secondary N) is 1. The Labute approximate surface area is 197 Å². The summed E-state index contributed by atoms with van der Waals surface area (Å²) < 4.78 is 4.60. The highest BCUT2D eigenvalue weighted by Crippen LogP contribution is 2.35. The molecule has 2 aromatic carbocycles. The van der Waals surface area contributed by atoms with Crippen LogP contribution in [0.2, 0.25) is 0 Å². The topological polar surface area (TPSA) is 145 Å². The highest BCUT2D eigenvalue weighted by atomic mass is 32.1. The van der Waals surface area contributed by atoms with Crippen LogP contribution in [0, 0.1) is 17.0 Å². The number of carbonyl (C=O) groups is 3. The molecule has 1 unspecified atom stereocenters. The maximum atomic E-state index is 12.7. The van der Waals surface area contributed by atoms with Gasteiger partial charge in [-0.1, -0.05) is 29.5 Å². The summed E-state index contributed by atoms with van der Waals surface area (Å²) in [5.41, 5.74) is 1.19. The van der Waals surface area contributed by atoms with Crippen molar-refractivity contribution in [3.63, 3.8) is 0 Å². The van der Waals surface area contributed by atoms with E-state index in [2.05, 4.69) is 20.3 Å². The van der Waals surface area contributed by atoms with E-state index in [0.29, 0.717) is 11.6 Å². The van der Waals surface area contributed by atoms with Crippen LogP contribution in [0.1, 0.15) is 43.6 Å². The maximum absolute atomic E-state index is 12.7. The fourth-order valence-electron chi connectivity index (χ4n) is 3.67. The second kappa shape index (κ2) is 9.35. The van der Waals surface area contributed by atoms with Gasteiger partial charge in [-0.2, -0.15) is 0 Å². The number of nitro groups is 1. The molecule has 1 fully saturated rings. The summed E-state index contributed by atoms with van der Waals surface area (Å²) in [4.78, 5) is 49.3. The number of aromatic nitrogens is 2. The van der Waals surface area contributed by atoms with Crippen molar-refractivity contribution in [2.24, 2.45) is 0 Å². The highest BCUT2D eigenvalue weighted by Gasteiger charge is 2.34. The van der Waals surface area contributed by atoms with Crippen LogP contribution in [-0.4, -0.2) is 46.6 Å². The standard InChI is InChI=1S/C22H19N5O6S/c1-12-5-3-4-6-17(12)26-11-15(10-18(26)28)20-24-25-22(34-20)23-19(29)13-7-14(21(30)33-2)9-16(8-13)27(31)32/h3-9,15H,10-11H2,1-2H3,(H,23,25,29). The number of amides is 2. The van der Waals surface area contributed by atoms with Crippen LogP contribution in [0.4, 0.5) is 16.5 Å². The molecular weight excluding hydrogens is 462 g/mol. The van der Waals surface area contributed by atoms with E-state index in [0.717, 1.165) is 41.8 Å². The van der Waals surface area contributed by atoms with Gasteiger partial charge in [0.25, 0.3) is 11.6 Å². The minimum atomic E-state index is -0.806. The number of aryl methyl sites for hydroxylation is 1. The largest absolute Gasteiger partial charge is 0.465 e. The molecule has 1 atom stereocenters. The van der Waals surface area contributed by atoms with Crippen molar-refractivity contribution in [3.05, 3.63) is 74.3 Å². The lowest BCUT2D eigenvalue weighted by Gasteiger charge is -2.18. The molecule has 0 bridgehead atoms. The molecule has 0 spiro atoms. The SMILES string of the molecule is COC(=O)c1cc(C(=O)Nc2nnc(C3CC(=O)N(c4ccccc4C)C3)s2)cc([N+](=O)[O-])c1. The number of hydrogen-bond acceptors (Lipinski definition) is 9. The average Bonchev–Trinajstić information content (AvgIpc) is 3.45. The number of nitro benzene ring substituents is 1. The summed E-state index contributed by atoms with van der Waals surface area (Å²) in [5.74, 6) is -1.70. The molecule has 1 aliphatic heterocycles. The Hall–Kier alpha value is -4.19. The molecule has 1 aliphatic rings. The van der Waals surface area contributed by atoms with Gasteiger partial charge < -0.3 is 9.64 Å². The van der Waals surface area contributed by atoms with Crippen LogP contribution < -0.4 is 10.2 Å². The van der Waals surface area contributed by atoms with Crippen LogP contribution >= 0.6 is 11.3 Å².